The Morgan fingerprint density at radius 3 is 2.51 bits per heavy atom. The van der Waals surface area contributed by atoms with Crippen molar-refractivity contribution in [2.75, 3.05) is 13.7 Å². The molecule has 1 aromatic heterocycles. The number of methoxy groups -OCH3 is 1. The normalized spacial score (nSPS) is 15.0. The van der Waals surface area contributed by atoms with E-state index in [-0.39, 0.29) is 12.0 Å². The fourth-order valence-corrected chi connectivity index (χ4v) is 6.09. The zero-order chi connectivity index (χ0) is 27.5. The summed E-state index contributed by atoms with van der Waals surface area (Å²) in [5.74, 6) is 1.52. The van der Waals surface area contributed by atoms with Crippen molar-refractivity contribution in [3.8, 4) is 11.4 Å². The van der Waals surface area contributed by atoms with Crippen LogP contribution in [0, 0.1) is 5.92 Å². The molecule has 1 fully saturated rings. The fourth-order valence-electron chi connectivity index (χ4n) is 6.09. The van der Waals surface area contributed by atoms with Crippen LogP contribution >= 0.6 is 0 Å². The van der Waals surface area contributed by atoms with Crippen LogP contribution in [0.3, 0.4) is 0 Å². The molecule has 39 heavy (non-hydrogen) atoms. The number of esters is 1. The second kappa shape index (κ2) is 15.0. The third-order valence-electron chi connectivity index (χ3n) is 8.22. The number of ether oxygens (including phenoxy) is 1. The van der Waals surface area contributed by atoms with Crippen molar-refractivity contribution >= 4 is 5.97 Å². The molecule has 1 unspecified atom stereocenters. The molecule has 5 nitrogen and oxygen atoms in total. The molecule has 0 N–H and O–H groups in total. The first kappa shape index (κ1) is 29.1. The summed E-state index contributed by atoms with van der Waals surface area (Å²) >= 11 is 0. The van der Waals surface area contributed by atoms with Gasteiger partial charge in [-0.3, -0.25) is 4.90 Å². The molecule has 0 aliphatic heterocycles. The molecule has 1 saturated carbocycles. The van der Waals surface area contributed by atoms with E-state index in [0.29, 0.717) is 11.5 Å². The maximum Gasteiger partial charge on any atom is 0.337 e. The Morgan fingerprint density at radius 1 is 1.03 bits per heavy atom. The summed E-state index contributed by atoms with van der Waals surface area (Å²) < 4.78 is 7.52. The van der Waals surface area contributed by atoms with Gasteiger partial charge in [0.15, 0.2) is 0 Å². The highest BCUT2D eigenvalue weighted by Crippen LogP contribution is 2.35. The quantitative estimate of drug-likeness (QED) is 0.197. The number of aromatic nitrogens is 2. The van der Waals surface area contributed by atoms with Gasteiger partial charge in [-0.1, -0.05) is 94.8 Å². The Balaban J connectivity index is 1.74. The predicted octanol–water partition coefficient (Wildman–Crippen LogP) is 8.45. The number of hydrogen-bond acceptors (Lipinski definition) is 4. The molecule has 1 aliphatic rings. The van der Waals surface area contributed by atoms with Gasteiger partial charge in [0.25, 0.3) is 0 Å². The number of rotatable bonds is 14. The molecule has 0 spiro atoms. The molecule has 4 rings (SSSR count). The van der Waals surface area contributed by atoms with E-state index in [2.05, 4.69) is 65.9 Å². The standard InChI is InChI=1S/C34H47N3O2/c1-4-6-21-31(32-24-35-33(37(32)22-7-5-2)29-18-12-9-13-19-29)36(25-27-15-10-8-11-16-27)26-28-17-14-20-30(23-28)34(38)39-3/h9,12-14,17-20,23-24,27,31H,4-8,10-11,15-16,21-22,25-26H2,1-3H3. The van der Waals surface area contributed by atoms with Gasteiger partial charge in [-0.15, -0.1) is 0 Å². The van der Waals surface area contributed by atoms with Crippen molar-refractivity contribution in [1.82, 2.24) is 14.5 Å². The van der Waals surface area contributed by atoms with E-state index < -0.39 is 0 Å². The molecule has 5 heteroatoms. The molecule has 3 aromatic rings. The lowest BCUT2D eigenvalue weighted by Crippen LogP contribution is -2.35. The van der Waals surface area contributed by atoms with Crippen LogP contribution in [0.25, 0.3) is 11.4 Å². The van der Waals surface area contributed by atoms with Crippen molar-refractivity contribution < 1.29 is 9.53 Å². The minimum absolute atomic E-state index is 0.274. The molecular weight excluding hydrogens is 482 g/mol. The lowest BCUT2D eigenvalue weighted by atomic mass is 9.88. The van der Waals surface area contributed by atoms with E-state index in [4.69, 9.17) is 9.72 Å². The van der Waals surface area contributed by atoms with Crippen LogP contribution in [0.5, 0.6) is 0 Å². The van der Waals surface area contributed by atoms with Gasteiger partial charge in [0, 0.05) is 25.2 Å². The van der Waals surface area contributed by atoms with Crippen molar-refractivity contribution in [2.45, 2.75) is 97.2 Å². The lowest BCUT2D eigenvalue weighted by molar-refractivity contribution is 0.0600. The molecule has 1 aliphatic carbocycles. The van der Waals surface area contributed by atoms with Gasteiger partial charge < -0.3 is 9.30 Å². The highest BCUT2D eigenvalue weighted by atomic mass is 16.5. The number of unbranched alkanes of at least 4 members (excludes halogenated alkanes) is 2. The second-order valence-electron chi connectivity index (χ2n) is 11.2. The first-order valence-corrected chi connectivity index (χ1v) is 15.2. The lowest BCUT2D eigenvalue weighted by Gasteiger charge is -2.36. The summed E-state index contributed by atoms with van der Waals surface area (Å²) in [7, 11) is 1.45. The number of carbonyl (C=O) groups excluding carboxylic acids is 1. The average Bonchev–Trinajstić information content (AvgIpc) is 3.40. The summed E-state index contributed by atoms with van der Waals surface area (Å²) in [6.07, 6.45) is 14.5. The Labute approximate surface area is 235 Å². The summed E-state index contributed by atoms with van der Waals surface area (Å²) in [6, 6.07) is 18.9. The minimum Gasteiger partial charge on any atom is -0.465 e. The van der Waals surface area contributed by atoms with Gasteiger partial charge in [-0.25, -0.2) is 9.78 Å². The van der Waals surface area contributed by atoms with Crippen LogP contribution in [0.4, 0.5) is 0 Å². The van der Waals surface area contributed by atoms with Gasteiger partial charge in [0.05, 0.1) is 30.6 Å². The number of benzene rings is 2. The predicted molar refractivity (Wildman–Crippen MR) is 160 cm³/mol. The van der Waals surface area contributed by atoms with Gasteiger partial charge in [-0.2, -0.15) is 0 Å². The summed E-state index contributed by atoms with van der Waals surface area (Å²) in [5.41, 5.74) is 4.30. The van der Waals surface area contributed by atoms with Crippen LogP contribution in [-0.4, -0.2) is 34.1 Å². The zero-order valence-electron chi connectivity index (χ0n) is 24.3. The van der Waals surface area contributed by atoms with Crippen molar-refractivity contribution in [2.24, 2.45) is 5.92 Å². The summed E-state index contributed by atoms with van der Waals surface area (Å²) in [4.78, 5) is 20.0. The van der Waals surface area contributed by atoms with Crippen molar-refractivity contribution in [1.29, 1.82) is 0 Å². The molecule has 0 bridgehead atoms. The molecule has 0 radical (unpaired) electrons. The molecule has 1 heterocycles. The van der Waals surface area contributed by atoms with Gasteiger partial charge >= 0.3 is 5.97 Å². The van der Waals surface area contributed by atoms with E-state index in [0.717, 1.165) is 50.3 Å². The minimum atomic E-state index is -0.275. The largest absolute Gasteiger partial charge is 0.465 e. The van der Waals surface area contributed by atoms with E-state index in [1.54, 1.807) is 0 Å². The number of carbonyl (C=O) groups is 1. The maximum absolute atomic E-state index is 12.3. The maximum atomic E-state index is 12.3. The average molecular weight is 530 g/mol. The van der Waals surface area contributed by atoms with Crippen molar-refractivity contribution in [3.63, 3.8) is 0 Å². The first-order valence-electron chi connectivity index (χ1n) is 15.2. The van der Waals surface area contributed by atoms with Crippen LogP contribution in [0.1, 0.15) is 106 Å². The third kappa shape index (κ3) is 7.82. The van der Waals surface area contributed by atoms with E-state index in [1.165, 1.54) is 63.3 Å². The fraction of sp³-hybridized carbons (Fsp3) is 0.529. The van der Waals surface area contributed by atoms with Gasteiger partial charge in [0.1, 0.15) is 5.82 Å². The number of imidazole rings is 1. The van der Waals surface area contributed by atoms with E-state index in [1.807, 2.05) is 18.2 Å². The Morgan fingerprint density at radius 2 is 1.79 bits per heavy atom. The van der Waals surface area contributed by atoms with Crippen LogP contribution in [0.2, 0.25) is 0 Å². The zero-order valence-corrected chi connectivity index (χ0v) is 24.3. The van der Waals surface area contributed by atoms with E-state index in [9.17, 15) is 4.79 Å². The smallest absolute Gasteiger partial charge is 0.337 e. The van der Waals surface area contributed by atoms with Gasteiger partial charge in [-0.05, 0) is 49.3 Å². The second-order valence-corrected chi connectivity index (χ2v) is 11.2. The van der Waals surface area contributed by atoms with Crippen LogP contribution < -0.4 is 0 Å². The molecule has 1 atom stereocenters. The Hall–Kier alpha value is -2.92. The SMILES string of the molecule is CCCCC(c1cnc(-c2ccccc2)n1CCCC)N(Cc1cccc(C(=O)OC)c1)CC1CCCCC1. The number of hydrogen-bond donors (Lipinski definition) is 0. The topological polar surface area (TPSA) is 47.4 Å². The molecule has 2 aromatic carbocycles. The monoisotopic (exact) mass is 529 g/mol. The first-order chi connectivity index (χ1) is 19.1. The van der Waals surface area contributed by atoms with E-state index >= 15 is 0 Å². The van der Waals surface area contributed by atoms with Crippen molar-refractivity contribution in [3.05, 3.63) is 77.6 Å². The molecule has 0 saturated heterocycles. The summed E-state index contributed by atoms with van der Waals surface area (Å²) in [6.45, 7) is 7.42. The van der Waals surface area contributed by atoms with Gasteiger partial charge in [0.2, 0.25) is 0 Å². The Bertz CT molecular complexity index is 1150. The Kier molecular flexibility index (Phi) is 11.2. The third-order valence-corrected chi connectivity index (χ3v) is 8.22. The highest BCUT2D eigenvalue weighted by Gasteiger charge is 2.28. The number of nitrogens with zero attached hydrogens (tertiary/aromatic N) is 3. The molecular formula is C34H47N3O2. The molecule has 210 valence electrons. The molecule has 0 amide bonds. The van der Waals surface area contributed by atoms with Crippen LogP contribution in [0.15, 0.2) is 60.8 Å². The summed E-state index contributed by atoms with van der Waals surface area (Å²) in [5, 5.41) is 0. The van der Waals surface area contributed by atoms with Crippen LogP contribution in [-0.2, 0) is 17.8 Å². The highest BCUT2D eigenvalue weighted by molar-refractivity contribution is 5.89.